The Hall–Kier alpha value is -3.53. The molecule has 0 aliphatic carbocycles. The van der Waals surface area contributed by atoms with E-state index in [1.54, 1.807) is 23.1 Å². The van der Waals surface area contributed by atoms with Gasteiger partial charge in [0.2, 0.25) is 0 Å². The molecule has 1 fully saturated rings. The van der Waals surface area contributed by atoms with E-state index in [0.717, 1.165) is 11.3 Å². The van der Waals surface area contributed by atoms with Crippen LogP contribution in [0.15, 0.2) is 53.1 Å². The molecule has 184 valence electrons. The molecule has 2 aliphatic rings. The van der Waals surface area contributed by atoms with Crippen molar-refractivity contribution in [2.45, 2.75) is 19.0 Å². The van der Waals surface area contributed by atoms with Gasteiger partial charge in [0.15, 0.2) is 32.8 Å². The van der Waals surface area contributed by atoms with Crippen molar-refractivity contribution in [3.8, 4) is 22.8 Å². The molecular formula is C25H27N3O6S. The fourth-order valence-electron chi connectivity index (χ4n) is 4.34. The smallest absolute Gasteiger partial charge is 0.276 e. The quantitative estimate of drug-likeness (QED) is 0.512. The Kier molecular flexibility index (Phi) is 6.14. The Balaban J connectivity index is 1.41. The van der Waals surface area contributed by atoms with Crippen LogP contribution in [0.5, 0.6) is 11.5 Å². The highest BCUT2D eigenvalue weighted by molar-refractivity contribution is 7.91. The first-order valence-corrected chi connectivity index (χ1v) is 13.3. The molecule has 0 saturated carbocycles. The molecule has 2 aromatic carbocycles. The summed E-state index contributed by atoms with van der Waals surface area (Å²) in [6.07, 6.45) is 0.400. The number of hydrogen-bond donors (Lipinski definition) is 0. The number of ether oxygens (including phenoxy) is 2. The number of carbonyl (C=O) groups excluding carboxylic acids is 1. The van der Waals surface area contributed by atoms with Crippen molar-refractivity contribution >= 4 is 21.4 Å². The van der Waals surface area contributed by atoms with Crippen molar-refractivity contribution in [1.29, 1.82) is 0 Å². The van der Waals surface area contributed by atoms with Gasteiger partial charge in [-0.15, -0.1) is 0 Å². The maximum atomic E-state index is 13.6. The molecule has 3 heterocycles. The van der Waals surface area contributed by atoms with Crippen LogP contribution in [0.25, 0.3) is 11.3 Å². The van der Waals surface area contributed by atoms with Crippen LogP contribution in [0.2, 0.25) is 0 Å². The molecule has 1 aromatic heterocycles. The average molecular weight is 498 g/mol. The van der Waals surface area contributed by atoms with Gasteiger partial charge in [0.05, 0.1) is 11.5 Å². The van der Waals surface area contributed by atoms with E-state index >= 15 is 0 Å². The standard InChI is InChI=1S/C25H27N3O6S/c1-27(2)19-6-3-17(4-7-19)15-28(20-9-12-35(30,31)16-20)25(29)21-14-23(34-26-21)18-5-8-22-24(13-18)33-11-10-32-22/h3-8,13-14,20H,9-12,15-16H2,1-2H3/t20-/m0/s1. The average Bonchev–Trinajstić information content (AvgIpc) is 3.49. The fourth-order valence-corrected chi connectivity index (χ4v) is 6.07. The van der Waals surface area contributed by atoms with Crippen LogP contribution in [0.3, 0.4) is 0 Å². The summed E-state index contributed by atoms with van der Waals surface area (Å²) in [6.45, 7) is 1.24. The molecular weight excluding hydrogens is 470 g/mol. The van der Waals surface area contributed by atoms with Crippen LogP contribution in [0, 0.1) is 0 Å². The lowest BCUT2D eigenvalue weighted by Gasteiger charge is -2.27. The third-order valence-corrected chi connectivity index (χ3v) is 8.02. The van der Waals surface area contributed by atoms with Crippen LogP contribution in [0.4, 0.5) is 5.69 Å². The molecule has 5 rings (SSSR count). The number of sulfone groups is 1. The summed E-state index contributed by atoms with van der Waals surface area (Å²) in [7, 11) is 0.730. The number of aromatic nitrogens is 1. The molecule has 0 unspecified atom stereocenters. The Morgan fingerprint density at radius 3 is 2.46 bits per heavy atom. The van der Waals surface area contributed by atoms with Crippen molar-refractivity contribution in [3.05, 3.63) is 59.8 Å². The van der Waals surface area contributed by atoms with E-state index in [9.17, 15) is 13.2 Å². The van der Waals surface area contributed by atoms with Crippen LogP contribution in [-0.2, 0) is 16.4 Å². The molecule has 1 atom stereocenters. The minimum atomic E-state index is -3.18. The van der Waals surface area contributed by atoms with Gasteiger partial charge >= 0.3 is 0 Å². The highest BCUT2D eigenvalue weighted by Crippen LogP contribution is 2.35. The van der Waals surface area contributed by atoms with Gasteiger partial charge in [-0.2, -0.15) is 0 Å². The largest absolute Gasteiger partial charge is 0.486 e. The minimum absolute atomic E-state index is 0.0542. The van der Waals surface area contributed by atoms with Crippen LogP contribution in [0.1, 0.15) is 22.5 Å². The molecule has 0 radical (unpaired) electrons. The summed E-state index contributed by atoms with van der Waals surface area (Å²) in [5, 5.41) is 4.02. The monoisotopic (exact) mass is 497 g/mol. The van der Waals surface area contributed by atoms with Crippen LogP contribution >= 0.6 is 0 Å². The van der Waals surface area contributed by atoms with E-state index in [-0.39, 0.29) is 29.7 Å². The van der Waals surface area contributed by atoms with E-state index in [0.29, 0.717) is 42.5 Å². The van der Waals surface area contributed by atoms with Gasteiger partial charge in [-0.05, 0) is 42.3 Å². The topological polar surface area (TPSA) is 102 Å². The van der Waals surface area contributed by atoms with Gasteiger partial charge in [-0.25, -0.2) is 8.42 Å². The number of benzene rings is 2. The van der Waals surface area contributed by atoms with Gasteiger partial charge in [0.25, 0.3) is 5.91 Å². The lowest BCUT2D eigenvalue weighted by molar-refractivity contribution is 0.0670. The molecule has 2 aliphatic heterocycles. The fraction of sp³-hybridized carbons (Fsp3) is 0.360. The molecule has 1 amide bonds. The van der Waals surface area contributed by atoms with Crippen molar-refractivity contribution in [3.63, 3.8) is 0 Å². The zero-order valence-electron chi connectivity index (χ0n) is 19.6. The predicted octanol–water partition coefficient (Wildman–Crippen LogP) is 3.01. The summed E-state index contributed by atoms with van der Waals surface area (Å²) in [4.78, 5) is 17.1. The maximum absolute atomic E-state index is 13.6. The molecule has 0 bridgehead atoms. The SMILES string of the molecule is CN(C)c1ccc(CN(C(=O)c2cc(-c3ccc4c(c3)OCCO4)on2)[C@H]2CCS(=O)(=O)C2)cc1. The van der Waals surface area contributed by atoms with E-state index in [1.807, 2.05) is 49.3 Å². The number of carbonyl (C=O) groups is 1. The zero-order valence-corrected chi connectivity index (χ0v) is 20.5. The molecule has 10 heteroatoms. The van der Waals surface area contributed by atoms with Gasteiger partial charge < -0.3 is 23.8 Å². The second-order valence-electron chi connectivity index (χ2n) is 8.99. The zero-order chi connectivity index (χ0) is 24.6. The van der Waals surface area contributed by atoms with Gasteiger partial charge in [0.1, 0.15) is 13.2 Å². The lowest BCUT2D eigenvalue weighted by atomic mass is 10.1. The second-order valence-corrected chi connectivity index (χ2v) is 11.2. The van der Waals surface area contributed by atoms with Gasteiger partial charge in [-0.3, -0.25) is 4.79 Å². The summed E-state index contributed by atoms with van der Waals surface area (Å²) >= 11 is 0. The van der Waals surface area contributed by atoms with Crippen molar-refractivity contribution < 1.29 is 27.2 Å². The van der Waals surface area contributed by atoms with Crippen LogP contribution in [-0.4, -0.2) is 69.2 Å². The maximum Gasteiger partial charge on any atom is 0.276 e. The predicted molar refractivity (Wildman–Crippen MR) is 131 cm³/mol. The third-order valence-electron chi connectivity index (χ3n) is 6.27. The normalized spacial score (nSPS) is 18.3. The van der Waals surface area contributed by atoms with Crippen molar-refractivity contribution in [2.24, 2.45) is 0 Å². The Labute approximate surface area is 204 Å². The summed E-state index contributed by atoms with van der Waals surface area (Å²) in [5.74, 6) is 1.33. The Morgan fingerprint density at radius 1 is 1.03 bits per heavy atom. The lowest BCUT2D eigenvalue weighted by Crippen LogP contribution is -2.40. The van der Waals surface area contributed by atoms with Crippen LogP contribution < -0.4 is 14.4 Å². The number of hydrogen-bond acceptors (Lipinski definition) is 8. The van der Waals surface area contributed by atoms with Gasteiger partial charge in [-0.1, -0.05) is 17.3 Å². The van der Waals surface area contributed by atoms with E-state index in [1.165, 1.54) is 0 Å². The summed E-state index contributed by atoms with van der Waals surface area (Å²) < 4.78 is 41.0. The first-order valence-electron chi connectivity index (χ1n) is 11.4. The Bertz CT molecular complexity index is 1330. The van der Waals surface area contributed by atoms with Crippen molar-refractivity contribution in [1.82, 2.24) is 10.1 Å². The first-order chi connectivity index (χ1) is 16.8. The number of amides is 1. The number of nitrogens with zero attached hydrogens (tertiary/aromatic N) is 3. The number of fused-ring (bicyclic) bond motifs is 1. The highest BCUT2D eigenvalue weighted by atomic mass is 32.2. The summed E-state index contributed by atoms with van der Waals surface area (Å²) in [5.41, 5.74) is 2.78. The first kappa shape index (κ1) is 23.2. The van der Waals surface area contributed by atoms with Gasteiger partial charge in [0, 0.05) is 44.0 Å². The molecule has 0 spiro atoms. The highest BCUT2D eigenvalue weighted by Gasteiger charge is 2.36. The third kappa shape index (κ3) is 4.97. The van der Waals surface area contributed by atoms with E-state index in [2.05, 4.69) is 5.16 Å². The number of rotatable bonds is 6. The molecule has 1 saturated heterocycles. The minimum Gasteiger partial charge on any atom is -0.486 e. The van der Waals surface area contributed by atoms with E-state index in [4.69, 9.17) is 14.0 Å². The molecule has 3 aromatic rings. The molecule has 9 nitrogen and oxygen atoms in total. The molecule has 0 N–H and O–H groups in total. The summed E-state index contributed by atoms with van der Waals surface area (Å²) in [6, 6.07) is 14.4. The van der Waals surface area contributed by atoms with E-state index < -0.39 is 15.9 Å². The number of anilines is 1. The second kappa shape index (κ2) is 9.26. The van der Waals surface area contributed by atoms with Crippen molar-refractivity contribution in [2.75, 3.05) is 43.7 Å². The molecule has 35 heavy (non-hydrogen) atoms. The Morgan fingerprint density at radius 2 is 1.77 bits per heavy atom.